The van der Waals surface area contributed by atoms with E-state index in [9.17, 15) is 0 Å². The maximum Gasteiger partial charge on any atom is 5.00 e. The maximum absolute atomic E-state index is 4.47. The van der Waals surface area contributed by atoms with Crippen molar-refractivity contribution < 1.29 is 34.1 Å². The van der Waals surface area contributed by atoms with Crippen molar-refractivity contribution in [3.8, 4) is 0 Å². The van der Waals surface area contributed by atoms with E-state index in [1.165, 1.54) is 64.2 Å². The monoisotopic (exact) mass is 768 g/mol. The molecule has 5 saturated heterocycles. The Morgan fingerprint density at radius 1 is 0.440 bits per heavy atom. The Kier molecular flexibility index (Phi) is 26.3. The van der Waals surface area contributed by atoms with Crippen molar-refractivity contribution in [2.45, 2.75) is 127 Å². The number of hydrogen-bond acceptors (Lipinski definition) is 6. The minimum atomic E-state index is 0. The molecule has 0 aromatic heterocycles. The summed E-state index contributed by atoms with van der Waals surface area (Å²) in [4.78, 5) is 0. The SMILES string of the molecule is C(=NN=CC1CCCC[N-]1)C1CCCC[N-]1.C(=NN=CC1CCCC[N-]1)C1CCCC[N-]1.C1=CC[N-]C(C=NN=CC2CCCC[N-]2)=C1.[Fe+5].[Fe+5]. The van der Waals surface area contributed by atoms with Crippen LogP contribution in [-0.2, 0) is 34.1 Å². The number of hydrogen-bond donors (Lipinski definition) is 0. The van der Waals surface area contributed by atoms with Crippen LogP contribution < -0.4 is 0 Å². The molecule has 5 unspecified atom stereocenters. The third-order valence-electron chi connectivity index (χ3n) is 8.72. The van der Waals surface area contributed by atoms with Gasteiger partial charge in [0, 0.05) is 37.3 Å². The van der Waals surface area contributed by atoms with Gasteiger partial charge in [-0.15, -0.1) is 51.0 Å². The molecular weight excluding hydrogens is 712 g/mol. The van der Waals surface area contributed by atoms with Gasteiger partial charge in [0.05, 0.1) is 0 Å². The molecule has 5 fully saturated rings. The molecule has 0 N–H and O–H groups in total. The summed E-state index contributed by atoms with van der Waals surface area (Å²) in [6.07, 6.45) is 35.0. The van der Waals surface area contributed by atoms with Crippen LogP contribution in [0.15, 0.2) is 54.5 Å². The first kappa shape index (κ1) is 44.3. The normalized spacial score (nSPS) is 29.1. The summed E-state index contributed by atoms with van der Waals surface area (Å²) < 4.78 is 0. The zero-order valence-electron chi connectivity index (χ0n) is 29.5. The molecule has 6 aliphatic heterocycles. The summed E-state index contributed by atoms with van der Waals surface area (Å²) in [5.41, 5.74) is 0.875. The molecule has 0 spiro atoms. The first-order valence-corrected chi connectivity index (χ1v) is 18.4. The largest absolute Gasteiger partial charge is 5.00 e. The van der Waals surface area contributed by atoms with Crippen LogP contribution >= 0.6 is 0 Å². The van der Waals surface area contributed by atoms with E-state index in [1.807, 2.05) is 49.3 Å². The van der Waals surface area contributed by atoms with E-state index >= 15 is 0 Å². The predicted octanol–water partition coefficient (Wildman–Crippen LogP) is 8.58. The first-order valence-electron chi connectivity index (χ1n) is 18.4. The molecule has 0 aromatic carbocycles. The summed E-state index contributed by atoms with van der Waals surface area (Å²) >= 11 is 0. The Balaban J connectivity index is 0.000000255. The van der Waals surface area contributed by atoms with Gasteiger partial charge in [-0.3, -0.25) is 0 Å². The van der Waals surface area contributed by atoms with Crippen molar-refractivity contribution in [1.29, 1.82) is 0 Å². The van der Waals surface area contributed by atoms with Gasteiger partial charge in [-0.25, -0.2) is 0 Å². The topological polar surface area (TPSA) is 159 Å². The van der Waals surface area contributed by atoms with Crippen LogP contribution in [0, 0.1) is 0 Å². The molecule has 2 radical (unpaired) electrons. The second-order valence-corrected chi connectivity index (χ2v) is 12.8. The fourth-order valence-electron chi connectivity index (χ4n) is 5.87. The van der Waals surface area contributed by atoms with Gasteiger partial charge in [-0.2, -0.15) is 30.6 Å². The Labute approximate surface area is 322 Å². The Hall–Kier alpha value is -1.86. The fraction of sp³-hybridized carbons (Fsp3) is 0.722. The number of piperidine rings is 5. The Morgan fingerprint density at radius 3 is 1.02 bits per heavy atom. The van der Waals surface area contributed by atoms with Gasteiger partial charge in [0.1, 0.15) is 0 Å². The molecule has 6 aliphatic rings. The maximum atomic E-state index is 4.47. The zero-order valence-corrected chi connectivity index (χ0v) is 31.7. The van der Waals surface area contributed by atoms with Crippen molar-refractivity contribution in [2.75, 3.05) is 39.3 Å². The van der Waals surface area contributed by atoms with E-state index in [1.54, 1.807) is 6.21 Å². The van der Waals surface area contributed by atoms with Crippen LogP contribution in [0.1, 0.15) is 96.3 Å². The summed E-state index contributed by atoms with van der Waals surface area (Å²) in [5.74, 6) is 0. The predicted molar refractivity (Wildman–Crippen MR) is 206 cm³/mol. The number of nitrogens with zero attached hydrogens (tertiary/aromatic N) is 12. The summed E-state index contributed by atoms with van der Waals surface area (Å²) in [7, 11) is 0. The summed E-state index contributed by atoms with van der Waals surface area (Å²) in [6, 6.07) is 1.47. The van der Waals surface area contributed by atoms with E-state index in [0.29, 0.717) is 24.2 Å². The van der Waals surface area contributed by atoms with Crippen molar-refractivity contribution in [3.05, 3.63) is 55.8 Å². The van der Waals surface area contributed by atoms with Gasteiger partial charge >= 0.3 is 34.1 Å². The molecule has 12 nitrogen and oxygen atoms in total. The molecule has 0 aliphatic carbocycles. The van der Waals surface area contributed by atoms with E-state index in [-0.39, 0.29) is 40.2 Å². The molecular formula is C36H56Fe2N12+4. The Morgan fingerprint density at radius 2 is 0.760 bits per heavy atom. The van der Waals surface area contributed by atoms with Gasteiger partial charge in [0.25, 0.3) is 0 Å². The molecule has 0 bridgehead atoms. The molecule has 0 aromatic rings. The minimum absolute atomic E-state index is 0. The average molecular weight is 769 g/mol. The first-order chi connectivity index (χ1) is 23.8. The number of allylic oxidation sites excluding steroid dienone is 3. The fourth-order valence-corrected chi connectivity index (χ4v) is 5.87. The van der Waals surface area contributed by atoms with Gasteiger partial charge in [-0.1, -0.05) is 139 Å². The van der Waals surface area contributed by atoms with E-state index in [2.05, 4.69) is 62.5 Å². The third-order valence-corrected chi connectivity index (χ3v) is 8.72. The quantitative estimate of drug-likeness (QED) is 0.125. The van der Waals surface area contributed by atoms with Crippen LogP contribution in [0.3, 0.4) is 0 Å². The summed E-state index contributed by atoms with van der Waals surface area (Å²) in [6.45, 7) is 5.64. The van der Waals surface area contributed by atoms with Gasteiger partial charge in [0.15, 0.2) is 0 Å². The van der Waals surface area contributed by atoms with Crippen LogP contribution in [0.25, 0.3) is 31.9 Å². The van der Waals surface area contributed by atoms with E-state index < -0.39 is 0 Å². The molecule has 6 heterocycles. The van der Waals surface area contributed by atoms with Gasteiger partial charge < -0.3 is 31.9 Å². The van der Waals surface area contributed by atoms with E-state index in [0.717, 1.165) is 77.1 Å². The van der Waals surface area contributed by atoms with Crippen molar-refractivity contribution in [3.63, 3.8) is 0 Å². The van der Waals surface area contributed by atoms with Crippen LogP contribution in [-0.4, -0.2) is 107 Å². The van der Waals surface area contributed by atoms with Crippen LogP contribution in [0.5, 0.6) is 0 Å². The van der Waals surface area contributed by atoms with E-state index in [4.69, 9.17) is 0 Å². The van der Waals surface area contributed by atoms with Crippen molar-refractivity contribution in [2.24, 2.45) is 30.6 Å². The van der Waals surface area contributed by atoms with Crippen LogP contribution in [0.4, 0.5) is 0 Å². The minimum Gasteiger partial charge on any atom is -0.680 e. The molecule has 5 atom stereocenters. The smallest absolute Gasteiger partial charge is 0.680 e. The van der Waals surface area contributed by atoms with Gasteiger partial charge in [0.2, 0.25) is 0 Å². The van der Waals surface area contributed by atoms with Crippen molar-refractivity contribution >= 4 is 37.3 Å². The summed E-state index contributed by atoms with van der Waals surface area (Å²) in [5, 5.41) is 50.9. The molecule has 50 heavy (non-hydrogen) atoms. The molecule has 0 amide bonds. The molecule has 14 heteroatoms. The zero-order chi connectivity index (χ0) is 33.2. The second-order valence-electron chi connectivity index (χ2n) is 12.8. The van der Waals surface area contributed by atoms with Crippen molar-refractivity contribution in [1.82, 2.24) is 0 Å². The van der Waals surface area contributed by atoms with Gasteiger partial charge in [-0.05, 0) is 0 Å². The Bertz CT molecular complexity index is 973. The van der Waals surface area contributed by atoms with Crippen LogP contribution in [0.2, 0.25) is 0 Å². The molecule has 6 rings (SSSR count). The number of rotatable bonds is 9. The third kappa shape index (κ3) is 20.9. The molecule has 272 valence electrons. The standard InChI is InChI=1S/2C12H20N4.C12H16N4.2Fe/c3*1-3-7-13-11(5-1)9-15-16-10-12-6-2-4-8-14-12;;/h2*9-12H,1-8H2;1,3,5,9-10,12H,2,4,6-8H2;;/q3*-2;2*+5. The second kappa shape index (κ2) is 29.7. The average Bonchev–Trinajstić information content (AvgIpc) is 3.17. The molecule has 0 saturated carbocycles.